The highest BCUT2D eigenvalue weighted by Crippen LogP contribution is 2.45. The zero-order valence-corrected chi connectivity index (χ0v) is 66.6. The van der Waals surface area contributed by atoms with E-state index in [4.69, 9.17) is 37.0 Å². The third-order valence-corrected chi connectivity index (χ3v) is 19.3. The molecule has 0 heterocycles. The van der Waals surface area contributed by atoms with Gasteiger partial charge in [-0.3, -0.25) is 37.3 Å². The Morgan fingerprint density at radius 1 is 0.284 bits per heavy atom. The molecule has 0 aromatic heterocycles. The Morgan fingerprint density at radius 3 is 0.853 bits per heavy atom. The first-order valence-corrected chi connectivity index (χ1v) is 43.8. The molecule has 0 aromatic rings. The Hall–Kier alpha value is -3.76. The van der Waals surface area contributed by atoms with E-state index >= 15 is 0 Å². The largest absolute Gasteiger partial charge is 0.472 e. The summed E-state index contributed by atoms with van der Waals surface area (Å²) < 4.78 is 68.6. The van der Waals surface area contributed by atoms with Crippen molar-refractivity contribution in [1.29, 1.82) is 0 Å². The lowest BCUT2D eigenvalue weighted by Crippen LogP contribution is -2.30. The topological polar surface area (TPSA) is 237 Å². The molecule has 19 heteroatoms. The van der Waals surface area contributed by atoms with E-state index in [0.717, 1.165) is 116 Å². The van der Waals surface area contributed by atoms with Crippen LogP contribution in [0, 0.1) is 0 Å². The molecule has 0 bridgehead atoms. The summed E-state index contributed by atoms with van der Waals surface area (Å²) in [6.07, 6.45) is 78.6. The fraction of sp³-hybridized carbons (Fsp3) is 0.783. The Morgan fingerprint density at radius 2 is 0.529 bits per heavy atom. The highest BCUT2D eigenvalue weighted by Gasteiger charge is 2.30. The number of esters is 4. The van der Waals surface area contributed by atoms with Gasteiger partial charge in [-0.25, -0.2) is 9.13 Å². The Labute approximate surface area is 621 Å². The summed E-state index contributed by atoms with van der Waals surface area (Å²) in [5.41, 5.74) is 0. The molecule has 0 aliphatic carbocycles. The van der Waals surface area contributed by atoms with Crippen LogP contribution in [0.15, 0.2) is 85.1 Å². The van der Waals surface area contributed by atoms with Crippen molar-refractivity contribution in [3.63, 3.8) is 0 Å². The van der Waals surface area contributed by atoms with E-state index in [2.05, 4.69) is 94.5 Å². The molecule has 592 valence electrons. The zero-order valence-electron chi connectivity index (χ0n) is 64.8. The van der Waals surface area contributed by atoms with Crippen molar-refractivity contribution in [2.75, 3.05) is 39.6 Å². The highest BCUT2D eigenvalue weighted by atomic mass is 31.2. The van der Waals surface area contributed by atoms with Gasteiger partial charge in [0, 0.05) is 25.7 Å². The van der Waals surface area contributed by atoms with Crippen molar-refractivity contribution in [3.8, 4) is 0 Å². The highest BCUT2D eigenvalue weighted by molar-refractivity contribution is 7.47. The molecule has 102 heavy (non-hydrogen) atoms. The van der Waals surface area contributed by atoms with Crippen molar-refractivity contribution >= 4 is 39.5 Å². The van der Waals surface area contributed by atoms with Crippen molar-refractivity contribution in [2.45, 2.75) is 380 Å². The maximum absolute atomic E-state index is 13.1. The molecule has 0 spiro atoms. The van der Waals surface area contributed by atoms with Crippen molar-refractivity contribution in [3.05, 3.63) is 85.1 Å². The van der Waals surface area contributed by atoms with E-state index in [1.807, 2.05) is 18.2 Å². The van der Waals surface area contributed by atoms with Crippen LogP contribution >= 0.6 is 15.6 Å². The number of carbonyl (C=O) groups is 4. The van der Waals surface area contributed by atoms with Gasteiger partial charge in [0.2, 0.25) is 0 Å². The lowest BCUT2D eigenvalue weighted by molar-refractivity contribution is -0.161. The lowest BCUT2D eigenvalue weighted by Gasteiger charge is -2.21. The number of phosphoric ester groups is 2. The fourth-order valence-electron chi connectivity index (χ4n) is 11.2. The lowest BCUT2D eigenvalue weighted by atomic mass is 10.0. The maximum Gasteiger partial charge on any atom is 0.472 e. The predicted octanol–water partition coefficient (Wildman–Crippen LogP) is 23.8. The number of aliphatic hydroxyl groups excluding tert-OH is 1. The van der Waals surface area contributed by atoms with Crippen LogP contribution in [0.5, 0.6) is 0 Å². The third kappa shape index (κ3) is 74.5. The summed E-state index contributed by atoms with van der Waals surface area (Å²) >= 11 is 0. The number of phosphoric acid groups is 2. The minimum absolute atomic E-state index is 0.0300. The van der Waals surface area contributed by atoms with Gasteiger partial charge in [0.25, 0.3) is 0 Å². The van der Waals surface area contributed by atoms with Crippen LogP contribution in [0.1, 0.15) is 362 Å². The first-order chi connectivity index (χ1) is 49.7. The molecule has 0 rings (SSSR count). The summed E-state index contributed by atoms with van der Waals surface area (Å²) in [4.78, 5) is 73.0. The molecule has 0 aliphatic rings. The van der Waals surface area contributed by atoms with Gasteiger partial charge in [0.05, 0.1) is 26.4 Å². The van der Waals surface area contributed by atoms with Gasteiger partial charge in [-0.2, -0.15) is 0 Å². The number of aliphatic hydroxyl groups is 1. The van der Waals surface area contributed by atoms with Gasteiger partial charge in [0.15, 0.2) is 12.2 Å². The van der Waals surface area contributed by atoms with Gasteiger partial charge in [-0.15, -0.1) is 0 Å². The minimum atomic E-state index is -4.99. The molecule has 0 aliphatic heterocycles. The van der Waals surface area contributed by atoms with Gasteiger partial charge in [-0.05, 0) is 89.9 Å². The van der Waals surface area contributed by atoms with E-state index in [0.29, 0.717) is 32.1 Å². The second-order valence-corrected chi connectivity index (χ2v) is 30.3. The van der Waals surface area contributed by atoms with Gasteiger partial charge >= 0.3 is 39.5 Å². The van der Waals surface area contributed by atoms with Crippen LogP contribution in [-0.4, -0.2) is 96.7 Å². The molecule has 3 N–H and O–H groups in total. The minimum Gasteiger partial charge on any atom is -0.462 e. The SMILES string of the molecule is CC/C=C\C/C=C\C/C=C\C/C=C\C/C=C\C/C=C\CCC(=O)O[C@H](COC(=O)CCCCCCC/C=C\CCCCCC)COP(=O)(O)OC[C@@H](O)COP(=O)(O)OC[C@@H](COC(=O)CCCCCCCCCCCCCCCCC)OC(=O)CCCCCCCCCCCCCCCCC. The summed E-state index contributed by atoms with van der Waals surface area (Å²) in [5.74, 6) is -2.25. The molecular formula is C83H148O17P2. The first kappa shape index (κ1) is 98.2. The summed E-state index contributed by atoms with van der Waals surface area (Å²) in [6, 6.07) is 0. The maximum atomic E-state index is 13.1. The van der Waals surface area contributed by atoms with Crippen LogP contribution < -0.4 is 0 Å². The molecular weight excluding hydrogens is 1330 g/mol. The number of carbonyl (C=O) groups excluding carboxylic acids is 4. The van der Waals surface area contributed by atoms with Crippen LogP contribution in [0.4, 0.5) is 0 Å². The quantitative estimate of drug-likeness (QED) is 0.0169. The molecule has 0 saturated carbocycles. The van der Waals surface area contributed by atoms with Gasteiger partial charge < -0.3 is 33.8 Å². The average molecular weight is 1480 g/mol. The smallest absolute Gasteiger partial charge is 0.462 e. The van der Waals surface area contributed by atoms with E-state index in [-0.39, 0.29) is 25.7 Å². The van der Waals surface area contributed by atoms with Crippen molar-refractivity contribution < 1.29 is 80.2 Å². The molecule has 17 nitrogen and oxygen atoms in total. The van der Waals surface area contributed by atoms with E-state index in [1.165, 1.54) is 161 Å². The second kappa shape index (κ2) is 75.5. The monoisotopic (exact) mass is 1480 g/mol. The fourth-order valence-corrected chi connectivity index (χ4v) is 12.8. The molecule has 0 fully saturated rings. The summed E-state index contributed by atoms with van der Waals surface area (Å²) in [5, 5.41) is 10.6. The Bertz CT molecular complexity index is 2260. The van der Waals surface area contributed by atoms with Crippen LogP contribution in [0.3, 0.4) is 0 Å². The number of unbranched alkanes of at least 4 members (excludes halogenated alkanes) is 37. The molecule has 0 amide bonds. The van der Waals surface area contributed by atoms with E-state index in [1.54, 1.807) is 0 Å². The number of allylic oxidation sites excluding steroid dienone is 14. The van der Waals surface area contributed by atoms with Crippen LogP contribution in [-0.2, 0) is 65.4 Å². The summed E-state index contributed by atoms with van der Waals surface area (Å²) in [6.45, 7) is 4.72. The van der Waals surface area contributed by atoms with E-state index in [9.17, 15) is 43.2 Å². The van der Waals surface area contributed by atoms with Crippen molar-refractivity contribution in [1.82, 2.24) is 0 Å². The Kier molecular flexibility index (Phi) is 72.7. The van der Waals surface area contributed by atoms with Gasteiger partial charge in [0.1, 0.15) is 19.3 Å². The average Bonchev–Trinajstić information content (AvgIpc) is 0.924. The van der Waals surface area contributed by atoms with Crippen LogP contribution in [0.2, 0.25) is 0 Å². The number of hydrogen-bond acceptors (Lipinski definition) is 15. The number of ether oxygens (including phenoxy) is 4. The molecule has 5 atom stereocenters. The standard InChI is InChI=1S/C83H148O17P2/c1-5-9-13-17-21-25-29-33-36-37-38-39-42-46-50-54-58-62-66-70-83(88)100-78(73-93-80(85)67-63-59-55-51-47-43-32-28-24-20-16-12-8-4)75-97-101(89,90)95-71-77(84)72-96-102(91,92)98-76-79(99-82(87)69-65-61-57-53-49-45-41-35-31-27-23-19-15-11-7-3)74-94-81(86)68-64-60-56-52-48-44-40-34-30-26-22-18-14-10-6-2/h9,13,21,25,28,32-33,36,38-39,46,50,58,62,77-79,84H,5-8,10-12,14-20,22-24,26-27,29-31,34-35,37,40-45,47-49,51-57,59-61,63-76H2,1-4H3,(H,89,90)(H,91,92)/b13-9-,25-21-,32-28-,36-33-,39-38-,50-46-,62-58-/t77-,78-,79-/m1/s1. The second-order valence-electron chi connectivity index (χ2n) is 27.3. The first-order valence-electron chi connectivity index (χ1n) is 40.8. The molecule has 0 radical (unpaired) electrons. The zero-order chi connectivity index (χ0) is 74.6. The van der Waals surface area contributed by atoms with Crippen molar-refractivity contribution in [2.24, 2.45) is 0 Å². The Balaban J connectivity index is 5.39. The molecule has 2 unspecified atom stereocenters. The third-order valence-electron chi connectivity index (χ3n) is 17.4. The predicted molar refractivity (Wildman–Crippen MR) is 418 cm³/mol. The molecule has 0 aromatic carbocycles. The van der Waals surface area contributed by atoms with Gasteiger partial charge in [-0.1, -0.05) is 331 Å². The summed E-state index contributed by atoms with van der Waals surface area (Å²) in [7, 11) is -9.97. The number of rotatable bonds is 77. The number of hydrogen-bond donors (Lipinski definition) is 3. The molecule has 0 saturated heterocycles. The van der Waals surface area contributed by atoms with Crippen LogP contribution in [0.25, 0.3) is 0 Å². The normalized spacial score (nSPS) is 14.3. The van der Waals surface area contributed by atoms with E-state index < -0.39 is 97.5 Å².